The number of benzene rings is 2. The molecule has 0 saturated heterocycles. The molecule has 108 valence electrons. The second-order valence-corrected chi connectivity index (χ2v) is 5.19. The predicted octanol–water partition coefficient (Wildman–Crippen LogP) is 2.81. The summed E-state index contributed by atoms with van der Waals surface area (Å²) in [6.45, 7) is 2.16. The predicted molar refractivity (Wildman–Crippen MR) is 83.7 cm³/mol. The van der Waals surface area contributed by atoms with Gasteiger partial charge in [0.05, 0.1) is 18.2 Å². The van der Waals surface area contributed by atoms with E-state index in [1.165, 1.54) is 5.56 Å². The van der Waals surface area contributed by atoms with Gasteiger partial charge in [0.2, 0.25) is 0 Å². The van der Waals surface area contributed by atoms with E-state index in [1.807, 2.05) is 42.5 Å². The van der Waals surface area contributed by atoms with Gasteiger partial charge >= 0.3 is 0 Å². The molecule has 2 rings (SSSR count). The average molecular weight is 280 g/mol. The van der Waals surface area contributed by atoms with Gasteiger partial charge < -0.3 is 10.4 Å². The van der Waals surface area contributed by atoms with Gasteiger partial charge in [-0.05, 0) is 36.6 Å². The maximum Gasteiger partial charge on any atom is 0.0991 e. The first kappa shape index (κ1) is 15.2. The molecule has 0 radical (unpaired) electrons. The Balaban J connectivity index is 1.98. The molecule has 21 heavy (non-hydrogen) atoms. The van der Waals surface area contributed by atoms with Crippen molar-refractivity contribution >= 4 is 0 Å². The first-order chi connectivity index (χ1) is 10.2. The van der Waals surface area contributed by atoms with Crippen molar-refractivity contribution < 1.29 is 5.11 Å². The Morgan fingerprint density at radius 1 is 1.10 bits per heavy atom. The summed E-state index contributed by atoms with van der Waals surface area (Å²) in [7, 11) is 0. The fourth-order valence-corrected chi connectivity index (χ4v) is 2.37. The van der Waals surface area contributed by atoms with Crippen LogP contribution in [0.15, 0.2) is 54.6 Å². The highest BCUT2D eigenvalue weighted by molar-refractivity contribution is 5.32. The van der Waals surface area contributed by atoms with Crippen LogP contribution < -0.4 is 5.32 Å². The normalized spacial score (nSPS) is 13.4. The van der Waals surface area contributed by atoms with Crippen LogP contribution >= 0.6 is 0 Å². The van der Waals surface area contributed by atoms with Crippen LogP contribution in [0, 0.1) is 11.3 Å². The Bertz CT molecular complexity index is 587. The van der Waals surface area contributed by atoms with E-state index in [0.717, 1.165) is 12.0 Å². The van der Waals surface area contributed by atoms with Crippen molar-refractivity contribution in [1.82, 2.24) is 5.32 Å². The number of nitriles is 1. The minimum atomic E-state index is 0.0121. The second-order valence-electron chi connectivity index (χ2n) is 5.19. The molecule has 2 aromatic carbocycles. The molecule has 0 aliphatic rings. The van der Waals surface area contributed by atoms with Gasteiger partial charge in [0.25, 0.3) is 0 Å². The number of nitrogens with one attached hydrogen (secondary N) is 1. The summed E-state index contributed by atoms with van der Waals surface area (Å²) in [5, 5.41) is 21.8. The first-order valence-electron chi connectivity index (χ1n) is 7.14. The third-order valence-corrected chi connectivity index (χ3v) is 3.57. The van der Waals surface area contributed by atoms with E-state index in [1.54, 1.807) is 0 Å². The average Bonchev–Trinajstić information content (AvgIpc) is 2.55. The fourth-order valence-electron chi connectivity index (χ4n) is 2.37. The highest BCUT2D eigenvalue weighted by atomic mass is 16.3. The zero-order chi connectivity index (χ0) is 15.1. The summed E-state index contributed by atoms with van der Waals surface area (Å²) < 4.78 is 0. The van der Waals surface area contributed by atoms with Crippen LogP contribution in [0.1, 0.15) is 29.7 Å². The van der Waals surface area contributed by atoms with Gasteiger partial charge in [0.1, 0.15) is 0 Å². The third-order valence-electron chi connectivity index (χ3n) is 3.57. The lowest BCUT2D eigenvalue weighted by molar-refractivity contribution is 0.232. The molecule has 0 aromatic heterocycles. The summed E-state index contributed by atoms with van der Waals surface area (Å²) in [4.78, 5) is 0. The monoisotopic (exact) mass is 280 g/mol. The van der Waals surface area contributed by atoms with E-state index in [9.17, 15) is 5.11 Å². The van der Waals surface area contributed by atoms with E-state index in [2.05, 4.69) is 30.4 Å². The molecule has 0 aliphatic heterocycles. The van der Waals surface area contributed by atoms with E-state index >= 15 is 0 Å². The summed E-state index contributed by atoms with van der Waals surface area (Å²) in [5.41, 5.74) is 2.98. The molecule has 0 spiro atoms. The molecule has 3 heteroatoms. The van der Waals surface area contributed by atoms with Crippen molar-refractivity contribution in [2.75, 3.05) is 6.61 Å². The summed E-state index contributed by atoms with van der Waals surface area (Å²) in [5.74, 6) is 0. The van der Waals surface area contributed by atoms with Crippen LogP contribution in [0.5, 0.6) is 0 Å². The van der Waals surface area contributed by atoms with Crippen molar-refractivity contribution in [3.63, 3.8) is 0 Å². The molecular weight excluding hydrogens is 260 g/mol. The molecule has 2 aromatic rings. The van der Waals surface area contributed by atoms with Gasteiger partial charge in [-0.25, -0.2) is 0 Å². The van der Waals surface area contributed by atoms with Crippen LogP contribution in [0.2, 0.25) is 0 Å². The van der Waals surface area contributed by atoms with Gasteiger partial charge in [-0.2, -0.15) is 5.26 Å². The smallest absolute Gasteiger partial charge is 0.0991 e. The molecule has 0 bridgehead atoms. The van der Waals surface area contributed by atoms with E-state index < -0.39 is 0 Å². The quantitative estimate of drug-likeness (QED) is 0.855. The summed E-state index contributed by atoms with van der Waals surface area (Å²) >= 11 is 0. The van der Waals surface area contributed by atoms with Gasteiger partial charge in [-0.1, -0.05) is 42.5 Å². The zero-order valence-corrected chi connectivity index (χ0v) is 12.2. The Kier molecular flexibility index (Phi) is 5.51. The Hall–Kier alpha value is -2.15. The van der Waals surface area contributed by atoms with E-state index in [0.29, 0.717) is 5.56 Å². The van der Waals surface area contributed by atoms with Gasteiger partial charge in [0, 0.05) is 12.1 Å². The lowest BCUT2D eigenvalue weighted by atomic mass is 10.0. The standard InChI is InChI=1S/C18H20N2O/c1-14(17-9-7-16(12-19)8-10-17)20-18(13-21)11-15-5-3-2-4-6-15/h2-10,14,18,20-21H,11,13H2,1H3/t14?,18-/m0/s1. The van der Waals surface area contributed by atoms with Gasteiger partial charge in [0.15, 0.2) is 0 Å². The molecule has 0 amide bonds. The fraction of sp³-hybridized carbons (Fsp3) is 0.278. The molecule has 2 N–H and O–H groups in total. The number of aliphatic hydroxyl groups excluding tert-OH is 1. The van der Waals surface area contributed by atoms with Crippen LogP contribution in [0.25, 0.3) is 0 Å². The van der Waals surface area contributed by atoms with Gasteiger partial charge in [-0.3, -0.25) is 0 Å². The molecule has 1 unspecified atom stereocenters. The Morgan fingerprint density at radius 2 is 1.76 bits per heavy atom. The van der Waals surface area contributed by atoms with Crippen LogP contribution in [0.4, 0.5) is 0 Å². The van der Waals surface area contributed by atoms with Crippen LogP contribution in [-0.2, 0) is 6.42 Å². The van der Waals surface area contributed by atoms with Crippen molar-refractivity contribution in [1.29, 1.82) is 5.26 Å². The molecule has 0 saturated carbocycles. The minimum Gasteiger partial charge on any atom is -0.395 e. The molecule has 0 heterocycles. The van der Waals surface area contributed by atoms with E-state index in [4.69, 9.17) is 5.26 Å². The lowest BCUT2D eigenvalue weighted by Gasteiger charge is -2.22. The number of hydrogen-bond donors (Lipinski definition) is 2. The SMILES string of the molecule is CC(N[C@H](CO)Cc1ccccc1)c1ccc(C#N)cc1. The number of rotatable bonds is 6. The van der Waals surface area contributed by atoms with Crippen molar-refractivity contribution in [2.45, 2.75) is 25.4 Å². The maximum absolute atomic E-state index is 9.56. The molecule has 0 fully saturated rings. The first-order valence-corrected chi connectivity index (χ1v) is 7.14. The molecular formula is C18H20N2O. The second kappa shape index (κ2) is 7.58. The number of hydrogen-bond acceptors (Lipinski definition) is 3. The van der Waals surface area contributed by atoms with Crippen molar-refractivity contribution in [3.05, 3.63) is 71.3 Å². The Labute approximate surface area is 125 Å². The van der Waals surface area contributed by atoms with Crippen LogP contribution in [-0.4, -0.2) is 17.8 Å². The maximum atomic E-state index is 9.56. The summed E-state index contributed by atoms with van der Waals surface area (Å²) in [6, 6.07) is 19.9. The largest absolute Gasteiger partial charge is 0.395 e. The highest BCUT2D eigenvalue weighted by Gasteiger charge is 2.13. The van der Waals surface area contributed by atoms with Crippen molar-refractivity contribution in [3.8, 4) is 6.07 Å². The summed E-state index contributed by atoms with van der Waals surface area (Å²) in [6.07, 6.45) is 0.790. The number of aliphatic hydroxyl groups is 1. The lowest BCUT2D eigenvalue weighted by Crippen LogP contribution is -2.36. The van der Waals surface area contributed by atoms with Gasteiger partial charge in [-0.15, -0.1) is 0 Å². The van der Waals surface area contributed by atoms with Crippen LogP contribution in [0.3, 0.4) is 0 Å². The van der Waals surface area contributed by atoms with Crippen molar-refractivity contribution in [2.24, 2.45) is 0 Å². The number of nitrogens with zero attached hydrogens (tertiary/aromatic N) is 1. The topological polar surface area (TPSA) is 56.0 Å². The Morgan fingerprint density at radius 3 is 2.33 bits per heavy atom. The van der Waals surface area contributed by atoms with E-state index in [-0.39, 0.29) is 18.7 Å². The highest BCUT2D eigenvalue weighted by Crippen LogP contribution is 2.15. The minimum absolute atomic E-state index is 0.0121. The molecule has 0 aliphatic carbocycles. The zero-order valence-electron chi connectivity index (χ0n) is 12.2. The molecule has 3 nitrogen and oxygen atoms in total. The third kappa shape index (κ3) is 4.42. The molecule has 2 atom stereocenters.